The maximum atomic E-state index is 16.2. The number of alkyl halides is 1. The number of rotatable bonds is 18. The van der Waals surface area contributed by atoms with Crippen LogP contribution < -0.4 is 16.3 Å². The lowest BCUT2D eigenvalue weighted by molar-refractivity contribution is -0.121. The van der Waals surface area contributed by atoms with Crippen molar-refractivity contribution in [2.24, 2.45) is 0 Å². The summed E-state index contributed by atoms with van der Waals surface area (Å²) in [5.41, 5.74) is 0.274. The molecule has 5 atom stereocenters. The van der Waals surface area contributed by atoms with Crippen molar-refractivity contribution in [1.29, 1.82) is 1.43 Å². The van der Waals surface area contributed by atoms with E-state index in [-0.39, 0.29) is 48.6 Å². The van der Waals surface area contributed by atoms with Gasteiger partial charge in [0.05, 0.1) is 19.3 Å². The zero-order valence-electron chi connectivity index (χ0n) is 32.6. The molecule has 284 valence electrons. The van der Waals surface area contributed by atoms with Crippen LogP contribution in [0.25, 0.3) is 0 Å². The van der Waals surface area contributed by atoms with Crippen LogP contribution in [0.1, 0.15) is 81.4 Å². The van der Waals surface area contributed by atoms with Gasteiger partial charge in [0.1, 0.15) is 11.9 Å². The number of terminal acetylenes is 1. The molecule has 1 fully saturated rings. The van der Waals surface area contributed by atoms with Gasteiger partial charge in [-0.3, -0.25) is 14.2 Å². The number of aromatic nitrogens is 2. The summed E-state index contributed by atoms with van der Waals surface area (Å²) < 4.78 is 51.6. The number of nitrogens with one attached hydrogen (secondary N) is 2. The van der Waals surface area contributed by atoms with Crippen LogP contribution in [-0.2, 0) is 29.8 Å². The number of halogens is 1. The smallest absolute Gasteiger partial charge is 0.351 e. The zero-order valence-corrected chi connectivity index (χ0v) is 33.1. The second kappa shape index (κ2) is 21.9. The van der Waals surface area contributed by atoms with Crippen LogP contribution in [0.3, 0.4) is 0 Å². The third kappa shape index (κ3) is 14.1. The van der Waals surface area contributed by atoms with Crippen LogP contribution in [-0.4, -0.2) is 88.0 Å². The Morgan fingerprint density at radius 3 is 2.61 bits per heavy atom. The molecule has 3 N–H and O–H groups in total. The highest BCUT2D eigenvalue weighted by molar-refractivity contribution is 8.77. The molecule has 1 aromatic heterocycles. The number of nitrogens with zero attached hydrogens (tertiary/aromatic N) is 3. The number of carbonyl (C=O) groups excluding carboxylic acids is 2. The summed E-state index contributed by atoms with van der Waals surface area (Å²) in [6.45, 7) is 13.8. The normalized spacial score (nSPS) is 19.9. The molecule has 3 rings (SSSR count). The molecule has 0 aliphatic carbocycles. The quantitative estimate of drug-likeness (QED) is 0.0919. The van der Waals surface area contributed by atoms with Gasteiger partial charge < -0.3 is 29.5 Å². The fraction of sp³-hybridized carbons (Fsp3) is 0.600. The number of carbonyl (C=O) groups is 2. The summed E-state index contributed by atoms with van der Waals surface area (Å²) in [6, 6.07) is 9.43. The number of hydrogen-bond donors (Lipinski definition) is 3. The monoisotopic (exact) mass is 772 g/mol. The number of amides is 2. The Kier molecular flexibility index (Phi) is 17.7. The van der Waals surface area contributed by atoms with E-state index >= 15 is 4.39 Å². The van der Waals surface area contributed by atoms with Crippen LogP contribution in [0.4, 0.5) is 10.2 Å². The van der Waals surface area contributed by atoms with Gasteiger partial charge >= 0.3 is 5.69 Å². The van der Waals surface area contributed by atoms with Crippen molar-refractivity contribution in [1.82, 2.24) is 19.5 Å². The predicted molar refractivity (Wildman–Crippen MR) is 204 cm³/mol. The Morgan fingerprint density at radius 1 is 1.31 bits per heavy atom. The summed E-state index contributed by atoms with van der Waals surface area (Å²) in [6.07, 6.45) is 2.87. The maximum Gasteiger partial charge on any atom is 0.351 e. The Bertz CT molecular complexity index is 1550. The second-order valence-electron chi connectivity index (χ2n) is 12.7. The Balaban J connectivity index is 0.00000313. The molecule has 12 nitrogen and oxygen atoms in total. The number of aliphatic hydroxyl groups excluding tert-OH is 1. The minimum absolute atomic E-state index is 0.00462. The second-order valence-corrected chi connectivity index (χ2v) is 17.0. The average Bonchev–Trinajstić information content (AvgIpc) is 3.39. The van der Waals surface area contributed by atoms with Gasteiger partial charge in [-0.1, -0.05) is 45.7 Å². The van der Waals surface area contributed by atoms with Crippen molar-refractivity contribution < 1.29 is 34.2 Å². The molecule has 1 aliphatic rings. The molecule has 0 saturated carbocycles. The van der Waals surface area contributed by atoms with E-state index in [1.165, 1.54) is 26.3 Å². The third-order valence-electron chi connectivity index (χ3n) is 7.38. The Hall–Kier alpha value is -2.54. The number of ether oxygens (including phenoxy) is 1. The van der Waals surface area contributed by atoms with Crippen LogP contribution in [0, 0.1) is 12.3 Å². The largest absolute Gasteiger partial charge is 0.400 e. The van der Waals surface area contributed by atoms with Gasteiger partial charge in [-0.2, -0.15) is 4.98 Å². The van der Waals surface area contributed by atoms with Crippen molar-refractivity contribution >= 4 is 47.7 Å². The van der Waals surface area contributed by atoms with Gasteiger partial charge in [-0.05, 0) is 79.0 Å². The van der Waals surface area contributed by atoms with Crippen LogP contribution in [0.5, 0.6) is 0 Å². The van der Waals surface area contributed by atoms with E-state index in [9.17, 15) is 14.4 Å². The number of anilines is 1. The Morgan fingerprint density at radius 2 is 2.00 bits per heavy atom. The predicted octanol–water partition coefficient (Wildman–Crippen LogP) is 6.10. The molecular weight excluding hydrogens is 717 g/mol. The highest BCUT2D eigenvalue weighted by Gasteiger charge is 2.48. The van der Waals surface area contributed by atoms with E-state index in [1.807, 2.05) is 50.6 Å². The van der Waals surface area contributed by atoms with Gasteiger partial charge in [0.2, 0.25) is 13.2 Å². The van der Waals surface area contributed by atoms with Gasteiger partial charge in [0.25, 0.3) is 8.53 Å². The number of benzene rings is 1. The molecule has 0 spiro atoms. The highest BCUT2D eigenvalue weighted by Crippen LogP contribution is 2.51. The number of aliphatic hydroxyl groups is 1. The van der Waals surface area contributed by atoms with Crippen LogP contribution in [0.2, 0.25) is 0 Å². The molecule has 0 bridgehead atoms. The summed E-state index contributed by atoms with van der Waals surface area (Å²) in [5, 5.41) is 8.64. The fourth-order valence-corrected chi connectivity index (χ4v) is 9.37. The van der Waals surface area contributed by atoms with Gasteiger partial charge in [0, 0.05) is 49.7 Å². The lowest BCUT2D eigenvalue weighted by Gasteiger charge is -2.37. The van der Waals surface area contributed by atoms with E-state index in [2.05, 4.69) is 46.6 Å². The average molecular weight is 773 g/mol. The van der Waals surface area contributed by atoms with Crippen molar-refractivity contribution in [3.05, 3.63) is 52.6 Å². The minimum atomic E-state index is -1.81. The molecule has 1 saturated heterocycles. The summed E-state index contributed by atoms with van der Waals surface area (Å²) in [5.74, 6) is 2.00. The molecule has 0 radical (unpaired) electrons. The first kappa shape index (κ1) is 41.2. The first-order valence-corrected chi connectivity index (χ1v) is 19.8. The van der Waals surface area contributed by atoms with Crippen molar-refractivity contribution in [2.75, 3.05) is 25.6 Å². The molecule has 51 heavy (non-hydrogen) atoms. The summed E-state index contributed by atoms with van der Waals surface area (Å²) in [4.78, 5) is 41.1. The van der Waals surface area contributed by atoms with E-state index in [0.29, 0.717) is 19.3 Å². The van der Waals surface area contributed by atoms with Crippen LogP contribution >= 0.6 is 30.1 Å². The minimum Gasteiger partial charge on any atom is -0.400 e. The first-order valence-electron chi connectivity index (χ1n) is 17.7. The van der Waals surface area contributed by atoms with Crippen molar-refractivity contribution in [3.8, 4) is 12.3 Å². The molecule has 16 heteroatoms. The fourth-order valence-electron chi connectivity index (χ4n) is 5.01. The Labute approximate surface area is 313 Å². The SMILES string of the molecule is [2H]CC1OC(n2ccc(NC(C)=O)nc2=O)C(F)C1OP(OCCc1ccccc1SSC(C)(C)CCC(=O)NCC#C)N(C(C)C)C(C)C.[3H]OC. The van der Waals surface area contributed by atoms with Crippen molar-refractivity contribution in [2.45, 2.75) is 121 Å². The standard InChI is InChI=1S/C34H49FN5O6PS2.CH4O/c1-10-19-36-29(42)15-18-34(8,9)49-48-27-14-12-11-13-26(27)17-21-44-47(40(22(2)3)23(4)5)46-31-24(6)45-32(30(31)35)39-20-16-28(37-25(7)41)38-33(39)43;1-2/h1,11-14,16,20,22-24,30-32H,15,17-19,21H2,2-9H3,(H,36,42)(H,37,38,41,43);2H,1H3/i6D;2T. The van der Waals surface area contributed by atoms with Gasteiger partial charge in [-0.25, -0.2) is 13.9 Å². The highest BCUT2D eigenvalue weighted by atomic mass is 33.1. The van der Waals surface area contributed by atoms with E-state index in [4.69, 9.17) is 23.0 Å². The summed E-state index contributed by atoms with van der Waals surface area (Å²) >= 11 is 0. The molecule has 5 unspecified atom stereocenters. The molecule has 2 amide bonds. The molecule has 1 aromatic carbocycles. The van der Waals surface area contributed by atoms with Gasteiger partial charge in [-0.15, -0.1) is 6.42 Å². The molecule has 1 aliphatic heterocycles. The number of hydrogen-bond acceptors (Lipinski definition) is 11. The van der Waals surface area contributed by atoms with Crippen LogP contribution in [0.15, 0.2) is 46.2 Å². The zero-order chi connectivity index (χ0) is 39.7. The molecule has 2 heterocycles. The summed E-state index contributed by atoms with van der Waals surface area (Å²) in [7, 11) is 2.83. The van der Waals surface area contributed by atoms with E-state index in [0.717, 1.165) is 15.0 Å². The lowest BCUT2D eigenvalue weighted by Crippen LogP contribution is -2.38. The maximum absolute atomic E-state index is 16.2. The third-order valence-corrected chi connectivity index (χ3v) is 13.0. The van der Waals surface area contributed by atoms with Gasteiger partial charge in [0.15, 0.2) is 12.4 Å². The van der Waals surface area contributed by atoms with Crippen molar-refractivity contribution in [3.63, 3.8) is 0 Å². The molecule has 2 aromatic rings. The molecular formula is C35H53FN5O7PS2. The lowest BCUT2D eigenvalue weighted by atomic mass is 10.1. The van der Waals surface area contributed by atoms with E-state index < -0.39 is 44.7 Å². The first-order chi connectivity index (χ1) is 25.1. The topological polar surface area (TPSA) is 144 Å². The van der Waals surface area contributed by atoms with E-state index in [1.54, 1.807) is 21.6 Å².